The molecule has 7 rings (SSSR count). The zero-order valence-corrected chi connectivity index (χ0v) is 24.6. The molecule has 3 fully saturated rings. The molecule has 3 aliphatic rings. The maximum atomic E-state index is 15.6. The second-order valence-electron chi connectivity index (χ2n) is 12.2. The number of furan rings is 1. The summed E-state index contributed by atoms with van der Waals surface area (Å²) < 4.78 is 56.4. The van der Waals surface area contributed by atoms with Crippen LogP contribution in [0, 0.1) is 36.8 Å². The van der Waals surface area contributed by atoms with Gasteiger partial charge in [-0.1, -0.05) is 0 Å². The van der Waals surface area contributed by atoms with Gasteiger partial charge < -0.3 is 25.1 Å². The lowest BCUT2D eigenvalue weighted by molar-refractivity contribution is 0.107. The van der Waals surface area contributed by atoms with Gasteiger partial charge >= 0.3 is 6.01 Å². The van der Waals surface area contributed by atoms with Gasteiger partial charge in [-0.25, -0.2) is 18.2 Å². The molecule has 10 nitrogen and oxygen atoms in total. The number of nitrogen functional groups attached to an aromatic ring is 1. The van der Waals surface area contributed by atoms with Crippen LogP contribution >= 0.6 is 0 Å². The third-order valence-corrected chi connectivity index (χ3v) is 9.36. The van der Waals surface area contributed by atoms with Gasteiger partial charge in [0.05, 0.1) is 23.5 Å². The van der Waals surface area contributed by atoms with Crippen molar-refractivity contribution >= 4 is 33.7 Å². The number of piperazine rings is 1. The summed E-state index contributed by atoms with van der Waals surface area (Å²) in [7, 11) is 0. The number of hydrogen-bond acceptors (Lipinski definition) is 10. The zero-order chi connectivity index (χ0) is 30.7. The molecule has 44 heavy (non-hydrogen) atoms. The standard InChI is InChI=1S/C31H33F3N8O2/c1-16-24-25(21(33)11-22(34)27(24)44-28(16)36)20-10-23-26(38-17(20)2)29(41-9-7-37-19(14-41)4-6-35)40-30(39-23)43-15-31-5-3-8-42(31)13-18(32)12-31/h10-11,18-19,37H,3-5,7-9,12-15,36H2,1-2H3/t18-,19+,31+/m1/s1. The van der Waals surface area contributed by atoms with Gasteiger partial charge in [-0.2, -0.15) is 15.2 Å². The number of nitrogens with two attached hydrogens (primary N) is 1. The Morgan fingerprint density at radius 1 is 1.18 bits per heavy atom. The van der Waals surface area contributed by atoms with Crippen molar-refractivity contribution in [2.45, 2.75) is 57.3 Å². The number of aromatic nitrogens is 3. The first-order chi connectivity index (χ1) is 21.2. The number of fused-ring (bicyclic) bond motifs is 3. The minimum Gasteiger partial charge on any atom is -0.461 e. The molecule has 0 aliphatic carbocycles. The van der Waals surface area contributed by atoms with Gasteiger partial charge in [0.15, 0.2) is 23.1 Å². The van der Waals surface area contributed by atoms with E-state index in [9.17, 15) is 14.0 Å². The summed E-state index contributed by atoms with van der Waals surface area (Å²) >= 11 is 0. The van der Waals surface area contributed by atoms with Crippen LogP contribution in [-0.4, -0.2) is 76.9 Å². The van der Waals surface area contributed by atoms with E-state index < -0.39 is 23.3 Å². The van der Waals surface area contributed by atoms with Crippen molar-refractivity contribution in [3.8, 4) is 23.2 Å². The fraction of sp³-hybridized carbons (Fsp3) is 0.484. The number of aryl methyl sites for hydroxylation is 2. The second-order valence-corrected chi connectivity index (χ2v) is 12.2. The van der Waals surface area contributed by atoms with Crippen LogP contribution in [0.15, 0.2) is 16.5 Å². The lowest BCUT2D eigenvalue weighted by Gasteiger charge is -2.34. The fourth-order valence-corrected chi connectivity index (χ4v) is 7.20. The maximum absolute atomic E-state index is 15.6. The van der Waals surface area contributed by atoms with Gasteiger partial charge in [-0.05, 0) is 39.3 Å². The van der Waals surface area contributed by atoms with Crippen molar-refractivity contribution in [1.82, 2.24) is 25.2 Å². The summed E-state index contributed by atoms with van der Waals surface area (Å²) in [4.78, 5) is 18.6. The van der Waals surface area contributed by atoms with Crippen LogP contribution in [0.5, 0.6) is 6.01 Å². The molecule has 230 valence electrons. The molecule has 3 atom stereocenters. The highest BCUT2D eigenvalue weighted by atomic mass is 19.1. The van der Waals surface area contributed by atoms with Crippen molar-refractivity contribution < 1.29 is 22.3 Å². The molecule has 1 aromatic carbocycles. The third kappa shape index (κ3) is 4.68. The Labute approximate surface area is 252 Å². The Balaban J connectivity index is 1.36. The summed E-state index contributed by atoms with van der Waals surface area (Å²) in [6.07, 6.45) is 1.64. The fourth-order valence-electron chi connectivity index (χ4n) is 7.20. The maximum Gasteiger partial charge on any atom is 0.319 e. The number of benzene rings is 1. The Bertz CT molecular complexity index is 1820. The molecule has 3 aromatic heterocycles. The summed E-state index contributed by atoms with van der Waals surface area (Å²) in [5.74, 6) is -1.09. The minimum absolute atomic E-state index is 0.00541. The van der Waals surface area contributed by atoms with Crippen LogP contribution in [0.2, 0.25) is 0 Å². The van der Waals surface area contributed by atoms with Crippen molar-refractivity contribution in [2.75, 3.05) is 50.0 Å². The molecule has 0 spiro atoms. The number of nitriles is 1. The highest BCUT2D eigenvalue weighted by Crippen LogP contribution is 2.42. The molecular formula is C31H33F3N8O2. The lowest BCUT2D eigenvalue weighted by Crippen LogP contribution is -2.51. The van der Waals surface area contributed by atoms with Crippen LogP contribution in [0.25, 0.3) is 33.1 Å². The van der Waals surface area contributed by atoms with E-state index in [1.807, 2.05) is 4.90 Å². The number of hydrogen-bond donors (Lipinski definition) is 2. The molecule has 3 N–H and O–H groups in total. The van der Waals surface area contributed by atoms with Crippen molar-refractivity contribution in [1.29, 1.82) is 5.26 Å². The lowest BCUT2D eigenvalue weighted by atomic mass is 9.95. The number of nitrogens with zero attached hydrogens (tertiary/aromatic N) is 6. The summed E-state index contributed by atoms with van der Waals surface area (Å²) in [5.41, 5.74) is 7.75. The number of halogens is 3. The van der Waals surface area contributed by atoms with Crippen LogP contribution in [0.4, 0.5) is 24.9 Å². The van der Waals surface area contributed by atoms with E-state index in [1.165, 1.54) is 0 Å². The van der Waals surface area contributed by atoms with Crippen LogP contribution < -0.4 is 20.7 Å². The first-order valence-corrected chi connectivity index (χ1v) is 14.9. The molecule has 3 saturated heterocycles. The van der Waals surface area contributed by atoms with Gasteiger partial charge in [-0.15, -0.1) is 0 Å². The predicted molar refractivity (Wildman–Crippen MR) is 159 cm³/mol. The van der Waals surface area contributed by atoms with Crippen molar-refractivity contribution in [3.63, 3.8) is 0 Å². The molecule has 13 heteroatoms. The Morgan fingerprint density at radius 3 is 2.84 bits per heavy atom. The highest BCUT2D eigenvalue weighted by molar-refractivity contribution is 6.01. The number of ether oxygens (including phenoxy) is 1. The minimum atomic E-state index is -0.900. The smallest absolute Gasteiger partial charge is 0.319 e. The van der Waals surface area contributed by atoms with E-state index in [2.05, 4.69) is 16.3 Å². The molecule has 0 saturated carbocycles. The Morgan fingerprint density at radius 2 is 2.02 bits per heavy atom. The first-order valence-electron chi connectivity index (χ1n) is 14.9. The monoisotopic (exact) mass is 606 g/mol. The molecule has 0 bridgehead atoms. The first kappa shape index (κ1) is 28.6. The van der Waals surface area contributed by atoms with Gasteiger partial charge in [0.1, 0.15) is 24.1 Å². The highest BCUT2D eigenvalue weighted by Gasteiger charge is 2.49. The molecule has 0 radical (unpaired) electrons. The van der Waals surface area contributed by atoms with Crippen molar-refractivity contribution in [3.05, 3.63) is 35.0 Å². The number of alkyl halides is 1. The third-order valence-electron chi connectivity index (χ3n) is 9.36. The molecule has 4 aromatic rings. The number of pyridine rings is 1. The van der Waals surface area contributed by atoms with Gasteiger partial charge in [-0.3, -0.25) is 4.90 Å². The Kier molecular flexibility index (Phi) is 7.01. The molecular weight excluding hydrogens is 573 g/mol. The summed E-state index contributed by atoms with van der Waals surface area (Å²) in [5, 5.41) is 12.9. The molecule has 0 unspecified atom stereocenters. The van der Waals surface area contributed by atoms with Crippen LogP contribution in [0.1, 0.15) is 36.9 Å². The normalized spacial score (nSPS) is 23.9. The van der Waals surface area contributed by atoms with E-state index in [0.29, 0.717) is 72.7 Å². The molecule has 6 heterocycles. The van der Waals surface area contributed by atoms with E-state index in [1.54, 1.807) is 19.9 Å². The molecule has 0 amide bonds. The zero-order valence-electron chi connectivity index (χ0n) is 24.6. The van der Waals surface area contributed by atoms with E-state index in [4.69, 9.17) is 29.8 Å². The average Bonchev–Trinajstić information content (AvgIpc) is 3.62. The Hall–Kier alpha value is -4.15. The number of rotatable bonds is 6. The van der Waals surface area contributed by atoms with E-state index >= 15 is 4.39 Å². The van der Waals surface area contributed by atoms with E-state index in [-0.39, 0.29) is 41.1 Å². The average molecular weight is 607 g/mol. The van der Waals surface area contributed by atoms with Gasteiger partial charge in [0.2, 0.25) is 0 Å². The molecule has 3 aliphatic heterocycles. The van der Waals surface area contributed by atoms with Gasteiger partial charge in [0, 0.05) is 72.5 Å². The SMILES string of the molecule is Cc1nc2c(N3CCN[C@@H](CC#N)C3)nc(OC[C@@]34CCCN3C[C@H](F)C4)nc2cc1-c1c(F)cc(F)c2oc(N)c(C)c12. The van der Waals surface area contributed by atoms with Crippen LogP contribution in [0.3, 0.4) is 0 Å². The largest absolute Gasteiger partial charge is 0.461 e. The van der Waals surface area contributed by atoms with Crippen LogP contribution in [-0.2, 0) is 0 Å². The van der Waals surface area contributed by atoms with Gasteiger partial charge in [0.25, 0.3) is 0 Å². The second kappa shape index (κ2) is 10.8. The predicted octanol–water partition coefficient (Wildman–Crippen LogP) is 4.56. The van der Waals surface area contributed by atoms with E-state index in [0.717, 1.165) is 25.5 Å². The number of nitrogens with one attached hydrogen (secondary N) is 1. The van der Waals surface area contributed by atoms with Crippen molar-refractivity contribution in [2.24, 2.45) is 0 Å². The topological polar surface area (TPSA) is 129 Å². The summed E-state index contributed by atoms with van der Waals surface area (Å²) in [6.45, 7) is 6.63. The summed E-state index contributed by atoms with van der Waals surface area (Å²) in [6, 6.07) is 4.75. The quantitative estimate of drug-likeness (QED) is 0.322. The number of anilines is 2.